The van der Waals surface area contributed by atoms with Crippen molar-refractivity contribution in [2.75, 3.05) is 0 Å². The minimum absolute atomic E-state index is 0.0160. The summed E-state index contributed by atoms with van der Waals surface area (Å²) in [5.74, 6) is 0. The Morgan fingerprint density at radius 2 is 1.88 bits per heavy atom. The normalized spacial score (nSPS) is 10.5. The molecule has 0 bridgehead atoms. The molecule has 0 saturated heterocycles. The third-order valence-electron chi connectivity index (χ3n) is 2.60. The van der Waals surface area contributed by atoms with E-state index >= 15 is 0 Å². The van der Waals surface area contributed by atoms with E-state index in [1.165, 1.54) is 5.56 Å². The Morgan fingerprint density at radius 3 is 2.47 bits per heavy atom. The zero-order valence-corrected chi connectivity index (χ0v) is 12.5. The van der Waals surface area contributed by atoms with Crippen LogP contribution in [0.3, 0.4) is 0 Å². The predicted molar refractivity (Wildman–Crippen MR) is 77.5 cm³/mol. The Morgan fingerprint density at radius 1 is 1.24 bits per heavy atom. The van der Waals surface area contributed by atoms with Gasteiger partial charge < -0.3 is 4.57 Å². The molecule has 0 radical (unpaired) electrons. The van der Waals surface area contributed by atoms with Crippen molar-refractivity contribution >= 4 is 31.9 Å². The Balaban J connectivity index is 2.52. The minimum Gasteiger partial charge on any atom is -0.318 e. The van der Waals surface area contributed by atoms with Crippen LogP contribution in [0.1, 0.15) is 5.56 Å². The number of nitrogens with zero attached hydrogens (tertiary/aromatic N) is 1. The number of alkyl halides is 1. The van der Waals surface area contributed by atoms with Gasteiger partial charge in [-0.3, -0.25) is 4.79 Å². The summed E-state index contributed by atoms with van der Waals surface area (Å²) in [4.78, 5) is 11.5. The summed E-state index contributed by atoms with van der Waals surface area (Å²) in [5, 5.41) is 0.849. The second kappa shape index (κ2) is 5.19. The molecule has 2 nitrogen and oxygen atoms in total. The van der Waals surface area contributed by atoms with Gasteiger partial charge in [0.25, 0.3) is 5.56 Å². The molecular weight excluding hydrogens is 346 g/mol. The molecule has 88 valence electrons. The van der Waals surface area contributed by atoms with E-state index in [4.69, 9.17) is 0 Å². The van der Waals surface area contributed by atoms with Gasteiger partial charge in [0, 0.05) is 34.7 Å². The van der Waals surface area contributed by atoms with Crippen molar-refractivity contribution in [3.05, 3.63) is 56.9 Å². The maximum atomic E-state index is 11.5. The van der Waals surface area contributed by atoms with E-state index in [0.29, 0.717) is 0 Å². The van der Waals surface area contributed by atoms with Crippen LogP contribution in [0.15, 0.2) is 45.8 Å². The second-order valence-electron chi connectivity index (χ2n) is 3.81. The van der Waals surface area contributed by atoms with Gasteiger partial charge in [-0.1, -0.05) is 40.2 Å². The standard InChI is InChI=1S/C13H11Br2NO/c1-16-8-11(12(15)6-13(16)17)10-4-2-9(7-14)3-5-10/h2-6,8H,7H2,1H3. The topological polar surface area (TPSA) is 22.0 Å². The molecule has 0 aliphatic carbocycles. The van der Waals surface area contributed by atoms with E-state index < -0.39 is 0 Å². The van der Waals surface area contributed by atoms with Crippen molar-refractivity contribution in [3.8, 4) is 11.1 Å². The van der Waals surface area contributed by atoms with Crippen LogP contribution >= 0.6 is 31.9 Å². The Bertz CT molecular complexity index is 587. The summed E-state index contributed by atoms with van der Waals surface area (Å²) in [6.07, 6.45) is 1.84. The Kier molecular flexibility index (Phi) is 3.84. The highest BCUT2D eigenvalue weighted by molar-refractivity contribution is 9.10. The fraction of sp³-hybridized carbons (Fsp3) is 0.154. The van der Waals surface area contributed by atoms with E-state index in [2.05, 4.69) is 56.1 Å². The first kappa shape index (κ1) is 12.6. The number of aryl methyl sites for hydroxylation is 1. The highest BCUT2D eigenvalue weighted by Crippen LogP contribution is 2.27. The van der Waals surface area contributed by atoms with Gasteiger partial charge in [-0.25, -0.2) is 0 Å². The largest absolute Gasteiger partial charge is 0.318 e. The maximum Gasteiger partial charge on any atom is 0.251 e. The number of aromatic nitrogens is 1. The number of halogens is 2. The first-order valence-corrected chi connectivity index (χ1v) is 7.04. The molecule has 17 heavy (non-hydrogen) atoms. The SMILES string of the molecule is Cn1cc(-c2ccc(CBr)cc2)c(Br)cc1=O. The predicted octanol–water partition coefficient (Wildman–Crippen LogP) is 3.71. The number of pyridine rings is 1. The maximum absolute atomic E-state index is 11.5. The fourth-order valence-corrected chi connectivity index (χ4v) is 2.49. The van der Waals surface area contributed by atoms with Gasteiger partial charge in [-0.15, -0.1) is 0 Å². The van der Waals surface area contributed by atoms with Gasteiger partial charge in [0.15, 0.2) is 0 Å². The summed E-state index contributed by atoms with van der Waals surface area (Å²) in [6.45, 7) is 0. The van der Waals surface area contributed by atoms with Crippen molar-refractivity contribution in [2.24, 2.45) is 7.05 Å². The third-order valence-corrected chi connectivity index (χ3v) is 3.90. The van der Waals surface area contributed by atoms with Crippen LogP contribution in [-0.2, 0) is 12.4 Å². The average Bonchev–Trinajstić information content (AvgIpc) is 2.34. The van der Waals surface area contributed by atoms with Crippen molar-refractivity contribution in [2.45, 2.75) is 5.33 Å². The Hall–Kier alpha value is -0.870. The highest BCUT2D eigenvalue weighted by Gasteiger charge is 2.05. The Labute approximate surface area is 117 Å². The number of hydrogen-bond acceptors (Lipinski definition) is 1. The lowest BCUT2D eigenvalue weighted by atomic mass is 10.1. The van der Waals surface area contributed by atoms with Crippen LogP contribution in [0.2, 0.25) is 0 Å². The number of hydrogen-bond donors (Lipinski definition) is 0. The van der Waals surface area contributed by atoms with Gasteiger partial charge in [-0.05, 0) is 27.1 Å². The lowest BCUT2D eigenvalue weighted by Crippen LogP contribution is -2.14. The smallest absolute Gasteiger partial charge is 0.251 e. The minimum atomic E-state index is -0.0160. The molecule has 0 saturated carbocycles. The molecule has 2 rings (SSSR count). The van der Waals surface area contributed by atoms with Crippen molar-refractivity contribution in [3.63, 3.8) is 0 Å². The van der Waals surface area contributed by atoms with E-state index in [1.807, 2.05) is 6.20 Å². The van der Waals surface area contributed by atoms with Gasteiger partial charge >= 0.3 is 0 Å². The molecule has 0 aliphatic heterocycles. The molecule has 2 aromatic rings. The molecule has 0 fully saturated rings. The molecule has 0 unspecified atom stereocenters. The van der Waals surface area contributed by atoms with Gasteiger partial charge in [0.1, 0.15) is 0 Å². The molecule has 1 aromatic carbocycles. The van der Waals surface area contributed by atoms with Gasteiger partial charge in [-0.2, -0.15) is 0 Å². The molecule has 0 spiro atoms. The summed E-state index contributed by atoms with van der Waals surface area (Å²) in [7, 11) is 1.76. The lowest BCUT2D eigenvalue weighted by Gasteiger charge is -2.07. The average molecular weight is 357 g/mol. The summed E-state index contributed by atoms with van der Waals surface area (Å²) in [5.41, 5.74) is 3.33. The van der Waals surface area contributed by atoms with E-state index in [0.717, 1.165) is 20.9 Å². The fourth-order valence-electron chi connectivity index (χ4n) is 1.59. The molecule has 0 N–H and O–H groups in total. The van der Waals surface area contributed by atoms with Crippen LogP contribution < -0.4 is 5.56 Å². The second-order valence-corrected chi connectivity index (χ2v) is 5.23. The van der Waals surface area contributed by atoms with Crippen LogP contribution in [0.25, 0.3) is 11.1 Å². The summed E-state index contributed by atoms with van der Waals surface area (Å²) < 4.78 is 2.41. The molecule has 0 amide bonds. The zero-order chi connectivity index (χ0) is 12.4. The molecule has 0 atom stereocenters. The van der Waals surface area contributed by atoms with Gasteiger partial charge in [0.2, 0.25) is 0 Å². The van der Waals surface area contributed by atoms with Crippen molar-refractivity contribution < 1.29 is 0 Å². The molecule has 0 aliphatic rings. The molecular formula is C13H11Br2NO. The lowest BCUT2D eigenvalue weighted by molar-refractivity contribution is 0.860. The quantitative estimate of drug-likeness (QED) is 0.752. The van der Waals surface area contributed by atoms with E-state index in [1.54, 1.807) is 17.7 Å². The van der Waals surface area contributed by atoms with Crippen LogP contribution in [0.5, 0.6) is 0 Å². The first-order valence-electron chi connectivity index (χ1n) is 5.13. The van der Waals surface area contributed by atoms with Crippen LogP contribution in [0.4, 0.5) is 0 Å². The highest BCUT2D eigenvalue weighted by atomic mass is 79.9. The first-order chi connectivity index (χ1) is 8.11. The molecule has 1 heterocycles. The van der Waals surface area contributed by atoms with E-state index in [9.17, 15) is 4.79 Å². The van der Waals surface area contributed by atoms with Crippen molar-refractivity contribution in [1.82, 2.24) is 4.57 Å². The van der Waals surface area contributed by atoms with E-state index in [-0.39, 0.29) is 5.56 Å². The van der Waals surface area contributed by atoms with Gasteiger partial charge in [0.05, 0.1) is 0 Å². The molecule has 1 aromatic heterocycles. The molecule has 4 heteroatoms. The monoisotopic (exact) mass is 355 g/mol. The number of rotatable bonds is 2. The third kappa shape index (κ3) is 2.69. The zero-order valence-electron chi connectivity index (χ0n) is 9.28. The van der Waals surface area contributed by atoms with Crippen LogP contribution in [0, 0.1) is 0 Å². The number of benzene rings is 1. The van der Waals surface area contributed by atoms with Crippen LogP contribution in [-0.4, -0.2) is 4.57 Å². The summed E-state index contributed by atoms with van der Waals surface area (Å²) >= 11 is 6.85. The van der Waals surface area contributed by atoms with Crippen molar-refractivity contribution in [1.29, 1.82) is 0 Å². The summed E-state index contributed by atoms with van der Waals surface area (Å²) in [6, 6.07) is 9.85.